The molecule has 0 aromatic heterocycles. The summed E-state index contributed by atoms with van der Waals surface area (Å²) in [4.78, 5) is 12.2. The van der Waals surface area contributed by atoms with Crippen molar-refractivity contribution in [2.24, 2.45) is 0 Å². The van der Waals surface area contributed by atoms with Gasteiger partial charge in [0.1, 0.15) is 0 Å². The summed E-state index contributed by atoms with van der Waals surface area (Å²) in [5.41, 5.74) is 0.796. The molecule has 4 nitrogen and oxygen atoms in total. The minimum absolute atomic E-state index is 0.00668. The second kappa shape index (κ2) is 5.50. The average molecular weight is 308 g/mol. The first kappa shape index (κ1) is 13.3. The van der Waals surface area contributed by atoms with Gasteiger partial charge in [-0.25, -0.2) is 0 Å². The lowest BCUT2D eigenvalue weighted by Crippen LogP contribution is -2.22. The van der Waals surface area contributed by atoms with Gasteiger partial charge in [-0.1, -0.05) is 11.6 Å². The van der Waals surface area contributed by atoms with Gasteiger partial charge in [-0.2, -0.15) is 0 Å². The minimum Gasteiger partial charge on any atom is -0.370 e. The Bertz CT molecular complexity index is 385. The Kier molecular flexibility index (Phi) is 4.56. The van der Waals surface area contributed by atoms with Gasteiger partial charge < -0.3 is 4.90 Å². The van der Waals surface area contributed by atoms with Crippen LogP contribution in [-0.4, -0.2) is 18.0 Å². The molecular formula is C10H12BrClN2O2. The number of non-ortho nitro benzene ring substituents is 1. The molecule has 0 amide bonds. The zero-order chi connectivity index (χ0) is 12.3. The van der Waals surface area contributed by atoms with Gasteiger partial charge in [-0.15, -0.1) is 0 Å². The van der Waals surface area contributed by atoms with Crippen molar-refractivity contribution in [1.82, 2.24) is 0 Å². The van der Waals surface area contributed by atoms with Gasteiger partial charge in [0, 0.05) is 29.7 Å². The summed E-state index contributed by atoms with van der Waals surface area (Å²) in [6.45, 7) is 5.61. The van der Waals surface area contributed by atoms with E-state index < -0.39 is 4.92 Å². The number of hydrogen-bond acceptors (Lipinski definition) is 3. The van der Waals surface area contributed by atoms with Crippen LogP contribution in [-0.2, 0) is 0 Å². The van der Waals surface area contributed by atoms with Crippen molar-refractivity contribution in [1.29, 1.82) is 0 Å². The van der Waals surface area contributed by atoms with E-state index in [0.717, 1.165) is 18.8 Å². The molecule has 0 bridgehead atoms. The predicted molar refractivity (Wildman–Crippen MR) is 69.4 cm³/mol. The maximum atomic E-state index is 10.6. The van der Waals surface area contributed by atoms with Crippen LogP contribution in [0.25, 0.3) is 0 Å². The minimum atomic E-state index is -0.456. The highest BCUT2D eigenvalue weighted by molar-refractivity contribution is 9.10. The first-order valence-corrected chi connectivity index (χ1v) is 6.06. The molecule has 6 heteroatoms. The first-order valence-electron chi connectivity index (χ1n) is 4.89. The lowest BCUT2D eigenvalue weighted by Gasteiger charge is -2.23. The van der Waals surface area contributed by atoms with Crippen molar-refractivity contribution in [3.8, 4) is 0 Å². The maximum absolute atomic E-state index is 10.6. The normalized spacial score (nSPS) is 10.2. The second-order valence-electron chi connectivity index (χ2n) is 3.19. The highest BCUT2D eigenvalue weighted by Crippen LogP contribution is 2.37. The largest absolute Gasteiger partial charge is 0.370 e. The fourth-order valence-electron chi connectivity index (χ4n) is 1.50. The van der Waals surface area contributed by atoms with Crippen LogP contribution in [0.5, 0.6) is 0 Å². The van der Waals surface area contributed by atoms with Gasteiger partial charge in [0.2, 0.25) is 0 Å². The zero-order valence-electron chi connectivity index (χ0n) is 9.04. The van der Waals surface area contributed by atoms with E-state index in [1.54, 1.807) is 0 Å². The third kappa shape index (κ3) is 2.65. The van der Waals surface area contributed by atoms with Crippen molar-refractivity contribution in [2.75, 3.05) is 18.0 Å². The van der Waals surface area contributed by atoms with Gasteiger partial charge in [0.15, 0.2) is 0 Å². The molecule has 0 aliphatic rings. The van der Waals surface area contributed by atoms with Crippen LogP contribution in [0, 0.1) is 10.1 Å². The van der Waals surface area contributed by atoms with E-state index in [0.29, 0.717) is 9.50 Å². The molecule has 0 fully saturated rings. The Morgan fingerprint density at radius 1 is 1.44 bits per heavy atom. The van der Waals surface area contributed by atoms with E-state index >= 15 is 0 Å². The monoisotopic (exact) mass is 306 g/mol. The Morgan fingerprint density at radius 2 is 2.00 bits per heavy atom. The predicted octanol–water partition coefficient (Wildman–Crippen LogP) is 3.86. The molecule has 0 aliphatic carbocycles. The van der Waals surface area contributed by atoms with Crippen molar-refractivity contribution in [3.05, 3.63) is 31.7 Å². The van der Waals surface area contributed by atoms with Crippen LogP contribution < -0.4 is 4.90 Å². The molecule has 0 spiro atoms. The number of benzene rings is 1. The van der Waals surface area contributed by atoms with Crippen LogP contribution in [0.3, 0.4) is 0 Å². The molecule has 0 saturated carbocycles. The van der Waals surface area contributed by atoms with Crippen LogP contribution in [0.1, 0.15) is 13.8 Å². The lowest BCUT2D eigenvalue weighted by molar-refractivity contribution is -0.384. The quantitative estimate of drug-likeness (QED) is 0.627. The highest BCUT2D eigenvalue weighted by atomic mass is 79.9. The van der Waals surface area contributed by atoms with Gasteiger partial charge in [-0.3, -0.25) is 10.1 Å². The van der Waals surface area contributed by atoms with Crippen LogP contribution in [0.15, 0.2) is 16.6 Å². The smallest absolute Gasteiger partial charge is 0.272 e. The van der Waals surface area contributed by atoms with Gasteiger partial charge in [0.05, 0.1) is 15.6 Å². The average Bonchev–Trinajstić information content (AvgIpc) is 2.22. The summed E-state index contributed by atoms with van der Waals surface area (Å²) in [5, 5.41) is 11.0. The van der Waals surface area contributed by atoms with Crippen molar-refractivity contribution in [3.63, 3.8) is 0 Å². The summed E-state index contributed by atoms with van der Waals surface area (Å²) in [6, 6.07) is 2.85. The fraction of sp³-hybridized carbons (Fsp3) is 0.400. The number of rotatable bonds is 4. The molecule has 0 saturated heterocycles. The van der Waals surface area contributed by atoms with Gasteiger partial charge in [0.25, 0.3) is 5.69 Å². The summed E-state index contributed by atoms with van der Waals surface area (Å²) < 4.78 is 0.649. The molecule has 1 aromatic carbocycles. The van der Waals surface area contributed by atoms with E-state index in [1.165, 1.54) is 12.1 Å². The second-order valence-corrected chi connectivity index (χ2v) is 4.45. The van der Waals surface area contributed by atoms with E-state index in [9.17, 15) is 10.1 Å². The number of nitro groups is 1. The van der Waals surface area contributed by atoms with Crippen LogP contribution in [0.2, 0.25) is 5.02 Å². The summed E-state index contributed by atoms with van der Waals surface area (Å²) >= 11 is 9.37. The van der Waals surface area contributed by atoms with E-state index in [2.05, 4.69) is 15.9 Å². The first-order chi connectivity index (χ1) is 7.51. The molecule has 16 heavy (non-hydrogen) atoms. The zero-order valence-corrected chi connectivity index (χ0v) is 11.4. The summed E-state index contributed by atoms with van der Waals surface area (Å²) in [6.07, 6.45) is 0. The number of anilines is 1. The lowest BCUT2D eigenvalue weighted by atomic mass is 10.2. The molecule has 0 aliphatic heterocycles. The molecule has 88 valence electrons. The molecule has 0 heterocycles. The van der Waals surface area contributed by atoms with E-state index in [4.69, 9.17) is 11.6 Å². The van der Waals surface area contributed by atoms with E-state index in [-0.39, 0.29) is 5.69 Å². The number of halogens is 2. The number of hydrogen-bond donors (Lipinski definition) is 0. The topological polar surface area (TPSA) is 46.4 Å². The molecular weight excluding hydrogens is 295 g/mol. The Morgan fingerprint density at radius 3 is 2.38 bits per heavy atom. The summed E-state index contributed by atoms with van der Waals surface area (Å²) in [7, 11) is 0. The van der Waals surface area contributed by atoms with Gasteiger partial charge in [-0.05, 0) is 29.8 Å². The maximum Gasteiger partial charge on any atom is 0.272 e. The number of nitro benzene ring substituents is 1. The SMILES string of the molecule is CCN(CC)c1c(Cl)cc([N+](=O)[O-])cc1Br. The fourth-order valence-corrected chi connectivity index (χ4v) is 2.65. The third-order valence-corrected chi connectivity index (χ3v) is 3.18. The van der Waals surface area contributed by atoms with E-state index in [1.807, 2.05) is 18.7 Å². The standard InChI is InChI=1S/C10H12BrClN2O2/c1-3-13(4-2)10-8(11)5-7(14(15)16)6-9(10)12/h5-6H,3-4H2,1-2H3. The van der Waals surface area contributed by atoms with Gasteiger partial charge >= 0.3 is 0 Å². The van der Waals surface area contributed by atoms with Crippen molar-refractivity contribution >= 4 is 38.9 Å². The molecule has 1 rings (SSSR count). The molecule has 1 aromatic rings. The number of nitrogens with zero attached hydrogens (tertiary/aromatic N) is 2. The van der Waals surface area contributed by atoms with Crippen LogP contribution >= 0.6 is 27.5 Å². The molecule has 0 N–H and O–H groups in total. The summed E-state index contributed by atoms with van der Waals surface area (Å²) in [5.74, 6) is 0. The highest BCUT2D eigenvalue weighted by Gasteiger charge is 2.17. The Balaban J connectivity index is 3.26. The van der Waals surface area contributed by atoms with Crippen molar-refractivity contribution in [2.45, 2.75) is 13.8 Å². The Hall–Kier alpha value is -0.810. The molecule has 0 atom stereocenters. The molecule has 0 unspecified atom stereocenters. The van der Waals surface area contributed by atoms with Crippen molar-refractivity contribution < 1.29 is 4.92 Å². The third-order valence-electron chi connectivity index (χ3n) is 2.29. The Labute approximate surface area is 107 Å². The molecule has 0 radical (unpaired) electrons. The van der Waals surface area contributed by atoms with Crippen LogP contribution in [0.4, 0.5) is 11.4 Å².